The zero-order valence-electron chi connectivity index (χ0n) is 13.0. The van der Waals surface area contributed by atoms with Crippen LogP contribution in [0.2, 0.25) is 0 Å². The van der Waals surface area contributed by atoms with E-state index in [0.717, 1.165) is 19.3 Å². The fourth-order valence-corrected chi connectivity index (χ4v) is 2.57. The number of benzene rings is 1. The molecule has 0 aliphatic heterocycles. The molecule has 0 heterocycles. The Hall–Kier alpha value is -1.00. The number of nitrogens with two attached hydrogens (primary N) is 1. The van der Waals surface area contributed by atoms with Gasteiger partial charge in [0.05, 0.1) is 0 Å². The summed E-state index contributed by atoms with van der Waals surface area (Å²) in [5.41, 5.74) is 2.81. The minimum absolute atomic E-state index is 0.0768. The first-order valence-corrected chi connectivity index (χ1v) is 8.08. The molecule has 0 amide bonds. The van der Waals surface area contributed by atoms with Crippen molar-refractivity contribution in [3.05, 3.63) is 35.4 Å². The van der Waals surface area contributed by atoms with Gasteiger partial charge < -0.3 is 0 Å². The van der Waals surface area contributed by atoms with Crippen LogP contribution in [-0.2, 0) is 6.42 Å². The molecule has 1 unspecified atom stereocenters. The van der Waals surface area contributed by atoms with Crippen LogP contribution >= 0.6 is 0 Å². The minimum Gasteiger partial charge on any atom is -0.271 e. The molecule has 0 aromatic heterocycles. The highest BCUT2D eigenvalue weighted by Gasteiger charge is 2.14. The lowest BCUT2D eigenvalue weighted by Crippen LogP contribution is -2.37. The van der Waals surface area contributed by atoms with Gasteiger partial charge in [-0.05, 0) is 25.0 Å². The molecule has 0 radical (unpaired) electrons. The van der Waals surface area contributed by atoms with E-state index in [1.807, 2.05) is 0 Å². The Kier molecular flexibility index (Phi) is 9.19. The lowest BCUT2D eigenvalue weighted by Gasteiger charge is -2.16. The summed E-state index contributed by atoms with van der Waals surface area (Å²) in [7, 11) is 0. The predicted molar refractivity (Wildman–Crippen MR) is 83.8 cm³/mol. The molecule has 0 bridgehead atoms. The van der Waals surface area contributed by atoms with E-state index >= 15 is 0 Å². The molecule has 1 atom stereocenters. The third kappa shape index (κ3) is 7.00. The predicted octanol–water partition coefficient (Wildman–Crippen LogP) is 4.48. The van der Waals surface area contributed by atoms with Crippen LogP contribution in [0.25, 0.3) is 0 Å². The maximum atomic E-state index is 13.6. The highest BCUT2D eigenvalue weighted by atomic mass is 19.1. The van der Waals surface area contributed by atoms with Crippen LogP contribution in [-0.4, -0.2) is 6.04 Å². The second kappa shape index (κ2) is 10.7. The molecule has 4 heteroatoms. The molecule has 2 nitrogen and oxygen atoms in total. The molecular formula is C17H28F2N2. The zero-order valence-corrected chi connectivity index (χ0v) is 13.0. The molecule has 0 saturated carbocycles. The fraction of sp³-hybridized carbons (Fsp3) is 0.647. The number of hydrazine groups is 1. The molecule has 120 valence electrons. The summed E-state index contributed by atoms with van der Waals surface area (Å²) < 4.78 is 27.2. The Morgan fingerprint density at radius 3 is 2.14 bits per heavy atom. The van der Waals surface area contributed by atoms with Gasteiger partial charge in [0.15, 0.2) is 0 Å². The maximum Gasteiger partial charge on any atom is 0.129 e. The molecule has 1 aromatic rings. The van der Waals surface area contributed by atoms with E-state index in [1.54, 1.807) is 0 Å². The van der Waals surface area contributed by atoms with Crippen LogP contribution in [0.5, 0.6) is 0 Å². The van der Waals surface area contributed by atoms with E-state index in [0.29, 0.717) is 6.42 Å². The van der Waals surface area contributed by atoms with E-state index in [2.05, 4.69) is 12.3 Å². The van der Waals surface area contributed by atoms with Gasteiger partial charge in [0.1, 0.15) is 11.6 Å². The first-order valence-electron chi connectivity index (χ1n) is 8.08. The van der Waals surface area contributed by atoms with E-state index in [4.69, 9.17) is 5.84 Å². The standard InChI is InChI=1S/C17H28F2N2/c1-2-3-4-5-6-7-8-10-14(21-20)13-15-16(18)11-9-12-17(15)19/h9,11-12,14,21H,2-8,10,13,20H2,1H3. The van der Waals surface area contributed by atoms with Crippen molar-refractivity contribution >= 4 is 0 Å². The van der Waals surface area contributed by atoms with Gasteiger partial charge in [-0.1, -0.05) is 57.9 Å². The number of nitrogens with one attached hydrogen (secondary N) is 1. The third-order valence-electron chi connectivity index (χ3n) is 3.90. The van der Waals surface area contributed by atoms with Gasteiger partial charge in [-0.3, -0.25) is 11.3 Å². The first-order chi connectivity index (χ1) is 10.2. The van der Waals surface area contributed by atoms with Crippen LogP contribution < -0.4 is 11.3 Å². The van der Waals surface area contributed by atoms with Crippen molar-refractivity contribution in [2.75, 3.05) is 0 Å². The van der Waals surface area contributed by atoms with Gasteiger partial charge >= 0.3 is 0 Å². The highest BCUT2D eigenvalue weighted by Crippen LogP contribution is 2.17. The second-order valence-corrected chi connectivity index (χ2v) is 5.68. The maximum absolute atomic E-state index is 13.6. The Morgan fingerprint density at radius 1 is 1.00 bits per heavy atom. The summed E-state index contributed by atoms with van der Waals surface area (Å²) in [5, 5.41) is 0. The highest BCUT2D eigenvalue weighted by molar-refractivity contribution is 5.20. The van der Waals surface area contributed by atoms with Crippen molar-refractivity contribution < 1.29 is 8.78 Å². The smallest absolute Gasteiger partial charge is 0.129 e. The number of halogens is 2. The molecular weight excluding hydrogens is 270 g/mol. The van der Waals surface area contributed by atoms with Gasteiger partial charge in [0.25, 0.3) is 0 Å². The molecule has 0 saturated heterocycles. The van der Waals surface area contributed by atoms with Crippen molar-refractivity contribution in [2.45, 2.75) is 70.8 Å². The second-order valence-electron chi connectivity index (χ2n) is 5.68. The van der Waals surface area contributed by atoms with E-state index < -0.39 is 11.6 Å². The summed E-state index contributed by atoms with van der Waals surface area (Å²) in [4.78, 5) is 0. The average molecular weight is 298 g/mol. The summed E-state index contributed by atoms with van der Waals surface area (Å²) in [6, 6.07) is 3.89. The average Bonchev–Trinajstić information content (AvgIpc) is 2.48. The van der Waals surface area contributed by atoms with Crippen LogP contribution in [0.1, 0.15) is 63.9 Å². The Morgan fingerprint density at radius 2 is 1.57 bits per heavy atom. The van der Waals surface area contributed by atoms with E-state index in [9.17, 15) is 8.78 Å². The van der Waals surface area contributed by atoms with E-state index in [-0.39, 0.29) is 11.6 Å². The SMILES string of the molecule is CCCCCCCCCC(Cc1c(F)cccc1F)NN. The Balaban J connectivity index is 2.29. The van der Waals surface area contributed by atoms with Crippen molar-refractivity contribution in [3.63, 3.8) is 0 Å². The topological polar surface area (TPSA) is 38.0 Å². The van der Waals surface area contributed by atoms with Crippen LogP contribution in [0.4, 0.5) is 8.78 Å². The Labute approximate surface area is 127 Å². The fourth-order valence-electron chi connectivity index (χ4n) is 2.57. The molecule has 0 spiro atoms. The molecule has 0 aliphatic carbocycles. The van der Waals surface area contributed by atoms with Crippen molar-refractivity contribution in [3.8, 4) is 0 Å². The minimum atomic E-state index is -0.491. The Bertz CT molecular complexity index is 376. The lowest BCUT2D eigenvalue weighted by molar-refractivity contribution is 0.441. The quantitative estimate of drug-likeness (QED) is 0.359. The summed E-state index contributed by atoms with van der Waals surface area (Å²) in [5.74, 6) is 4.52. The molecule has 21 heavy (non-hydrogen) atoms. The van der Waals surface area contributed by atoms with Crippen molar-refractivity contribution in [2.24, 2.45) is 5.84 Å². The van der Waals surface area contributed by atoms with Crippen LogP contribution in [0, 0.1) is 11.6 Å². The summed E-state index contributed by atoms with van der Waals surface area (Å²) in [6.07, 6.45) is 9.70. The summed E-state index contributed by atoms with van der Waals surface area (Å²) in [6.45, 7) is 2.21. The van der Waals surface area contributed by atoms with Gasteiger partial charge in [0.2, 0.25) is 0 Å². The van der Waals surface area contributed by atoms with Crippen LogP contribution in [0.15, 0.2) is 18.2 Å². The number of unbranched alkanes of at least 4 members (excludes halogenated alkanes) is 6. The number of rotatable bonds is 11. The van der Waals surface area contributed by atoms with Gasteiger partial charge in [0, 0.05) is 11.6 Å². The van der Waals surface area contributed by atoms with Gasteiger partial charge in [-0.15, -0.1) is 0 Å². The lowest BCUT2D eigenvalue weighted by atomic mass is 9.99. The monoisotopic (exact) mass is 298 g/mol. The van der Waals surface area contributed by atoms with Crippen LogP contribution in [0.3, 0.4) is 0 Å². The van der Waals surface area contributed by atoms with Crippen molar-refractivity contribution in [1.29, 1.82) is 0 Å². The molecule has 0 aliphatic rings. The number of hydrogen-bond acceptors (Lipinski definition) is 2. The normalized spacial score (nSPS) is 12.6. The third-order valence-corrected chi connectivity index (χ3v) is 3.90. The molecule has 1 rings (SSSR count). The molecule has 3 N–H and O–H groups in total. The number of hydrogen-bond donors (Lipinski definition) is 2. The van der Waals surface area contributed by atoms with Gasteiger partial charge in [-0.25, -0.2) is 8.78 Å². The largest absolute Gasteiger partial charge is 0.271 e. The summed E-state index contributed by atoms with van der Waals surface area (Å²) >= 11 is 0. The van der Waals surface area contributed by atoms with Crippen molar-refractivity contribution in [1.82, 2.24) is 5.43 Å². The van der Waals surface area contributed by atoms with E-state index in [1.165, 1.54) is 50.3 Å². The first kappa shape index (κ1) is 18.1. The molecule has 1 aromatic carbocycles. The zero-order chi connectivity index (χ0) is 15.5. The van der Waals surface area contributed by atoms with Gasteiger partial charge in [-0.2, -0.15) is 0 Å². The molecule has 0 fully saturated rings.